The van der Waals surface area contributed by atoms with Crippen LogP contribution in [-0.2, 0) is 11.1 Å². The molecule has 84 valence electrons. The van der Waals surface area contributed by atoms with Gasteiger partial charge in [-0.1, -0.05) is 19.8 Å². The summed E-state index contributed by atoms with van der Waals surface area (Å²) >= 11 is -1.62. The van der Waals surface area contributed by atoms with E-state index in [0.717, 1.165) is 25.6 Å². The number of rotatable bonds is 5. The van der Waals surface area contributed by atoms with Crippen molar-refractivity contribution in [3.8, 4) is 0 Å². The fourth-order valence-corrected chi connectivity index (χ4v) is 2.53. The largest absolute Gasteiger partial charge is 0.306 e. The van der Waals surface area contributed by atoms with Crippen molar-refractivity contribution in [3.63, 3.8) is 0 Å². The second kappa shape index (κ2) is 6.53. The summed E-state index contributed by atoms with van der Waals surface area (Å²) in [5.41, 5.74) is 0. The third-order valence-electron chi connectivity index (χ3n) is 2.99. The van der Waals surface area contributed by atoms with Gasteiger partial charge in [0.25, 0.3) is 0 Å². The van der Waals surface area contributed by atoms with Gasteiger partial charge < -0.3 is 9.45 Å². The molecule has 1 rings (SSSR count). The minimum absolute atomic E-state index is 0.401. The van der Waals surface area contributed by atoms with Crippen molar-refractivity contribution in [2.75, 3.05) is 25.4 Å². The molecule has 1 atom stereocenters. The van der Waals surface area contributed by atoms with Crippen LogP contribution in [0.5, 0.6) is 0 Å². The smallest absolute Gasteiger partial charge is 0.154 e. The fourth-order valence-electron chi connectivity index (χ4n) is 2.11. The molecule has 1 fully saturated rings. The van der Waals surface area contributed by atoms with Gasteiger partial charge in [0.05, 0.1) is 5.75 Å². The topological polar surface area (TPSA) is 40.5 Å². The average molecular weight is 219 g/mol. The first kappa shape index (κ1) is 12.1. The summed E-state index contributed by atoms with van der Waals surface area (Å²) in [6.45, 7) is 5.24. The molecule has 3 nitrogen and oxygen atoms in total. The molecule has 1 aliphatic rings. The molecule has 0 aromatic carbocycles. The third kappa shape index (κ3) is 4.53. The SMILES string of the molecule is CCCC1CCN(CCS(=O)O)CC1. The van der Waals surface area contributed by atoms with Crippen molar-refractivity contribution in [2.45, 2.75) is 32.6 Å². The highest BCUT2D eigenvalue weighted by atomic mass is 32.2. The fraction of sp³-hybridized carbons (Fsp3) is 1.00. The van der Waals surface area contributed by atoms with E-state index in [0.29, 0.717) is 5.75 Å². The van der Waals surface area contributed by atoms with E-state index in [2.05, 4.69) is 11.8 Å². The third-order valence-corrected chi connectivity index (χ3v) is 3.52. The van der Waals surface area contributed by atoms with Crippen LogP contribution < -0.4 is 0 Å². The van der Waals surface area contributed by atoms with Gasteiger partial charge in [-0.2, -0.15) is 0 Å². The summed E-state index contributed by atoms with van der Waals surface area (Å²) in [6.07, 6.45) is 5.17. The van der Waals surface area contributed by atoms with Gasteiger partial charge in [0.15, 0.2) is 11.1 Å². The van der Waals surface area contributed by atoms with Crippen LogP contribution in [0, 0.1) is 5.92 Å². The van der Waals surface area contributed by atoms with Gasteiger partial charge in [0.1, 0.15) is 0 Å². The second-order valence-corrected chi connectivity index (χ2v) is 5.15. The number of likely N-dealkylation sites (tertiary alicyclic amines) is 1. The lowest BCUT2D eigenvalue weighted by molar-refractivity contribution is 0.187. The number of nitrogens with zero attached hydrogens (tertiary/aromatic N) is 1. The van der Waals surface area contributed by atoms with Crippen LogP contribution in [0.1, 0.15) is 32.6 Å². The van der Waals surface area contributed by atoms with E-state index in [-0.39, 0.29) is 0 Å². The minimum atomic E-state index is -1.62. The predicted octanol–water partition coefficient (Wildman–Crippen LogP) is 1.72. The molecule has 0 bridgehead atoms. The van der Waals surface area contributed by atoms with Crippen LogP contribution in [0.4, 0.5) is 0 Å². The van der Waals surface area contributed by atoms with Crippen LogP contribution in [0.25, 0.3) is 0 Å². The van der Waals surface area contributed by atoms with E-state index < -0.39 is 11.1 Å². The Morgan fingerprint density at radius 1 is 1.43 bits per heavy atom. The predicted molar refractivity (Wildman–Crippen MR) is 59.7 cm³/mol. The highest BCUT2D eigenvalue weighted by Crippen LogP contribution is 2.21. The van der Waals surface area contributed by atoms with Gasteiger partial charge in [-0.15, -0.1) is 0 Å². The molecule has 0 radical (unpaired) electrons. The van der Waals surface area contributed by atoms with E-state index in [1.54, 1.807) is 0 Å². The molecule has 0 aromatic rings. The Morgan fingerprint density at radius 2 is 2.07 bits per heavy atom. The molecule has 0 spiro atoms. The molecule has 0 saturated carbocycles. The summed E-state index contributed by atoms with van der Waals surface area (Å²) in [4.78, 5) is 2.31. The van der Waals surface area contributed by atoms with Gasteiger partial charge in [0, 0.05) is 6.54 Å². The van der Waals surface area contributed by atoms with Crippen LogP contribution in [-0.4, -0.2) is 39.0 Å². The lowest BCUT2D eigenvalue weighted by Gasteiger charge is -2.31. The van der Waals surface area contributed by atoms with Gasteiger partial charge in [-0.3, -0.25) is 0 Å². The summed E-state index contributed by atoms with van der Waals surface area (Å²) in [7, 11) is 0. The highest BCUT2D eigenvalue weighted by molar-refractivity contribution is 7.79. The first-order valence-corrected chi connectivity index (χ1v) is 6.79. The Hall–Kier alpha value is 0.0700. The maximum atomic E-state index is 10.5. The van der Waals surface area contributed by atoms with Crippen LogP contribution in [0.3, 0.4) is 0 Å². The van der Waals surface area contributed by atoms with E-state index in [9.17, 15) is 4.21 Å². The lowest BCUT2D eigenvalue weighted by atomic mass is 9.93. The van der Waals surface area contributed by atoms with Crippen molar-refractivity contribution in [2.24, 2.45) is 5.92 Å². The van der Waals surface area contributed by atoms with E-state index in [1.165, 1.54) is 25.7 Å². The molecule has 1 N–H and O–H groups in total. The Bertz CT molecular complexity index is 179. The van der Waals surface area contributed by atoms with E-state index in [1.807, 2.05) is 0 Å². The molecule has 1 aliphatic heterocycles. The molecule has 0 aromatic heterocycles. The van der Waals surface area contributed by atoms with Crippen LogP contribution in [0.2, 0.25) is 0 Å². The molecular weight excluding hydrogens is 198 g/mol. The maximum Gasteiger partial charge on any atom is 0.154 e. The Labute approximate surface area is 89.2 Å². The van der Waals surface area contributed by atoms with Gasteiger partial charge >= 0.3 is 0 Å². The van der Waals surface area contributed by atoms with Crippen molar-refractivity contribution in [3.05, 3.63) is 0 Å². The molecule has 0 aliphatic carbocycles. The van der Waals surface area contributed by atoms with Crippen molar-refractivity contribution in [1.29, 1.82) is 0 Å². The monoisotopic (exact) mass is 219 g/mol. The second-order valence-electron chi connectivity index (χ2n) is 4.10. The van der Waals surface area contributed by atoms with Gasteiger partial charge in [0.2, 0.25) is 0 Å². The van der Waals surface area contributed by atoms with Gasteiger partial charge in [-0.05, 0) is 31.8 Å². The Morgan fingerprint density at radius 3 is 2.57 bits per heavy atom. The summed E-state index contributed by atoms with van der Waals surface area (Å²) < 4.78 is 19.2. The normalized spacial score (nSPS) is 22.4. The number of hydrogen-bond acceptors (Lipinski definition) is 2. The van der Waals surface area contributed by atoms with Gasteiger partial charge in [-0.25, -0.2) is 4.21 Å². The zero-order chi connectivity index (χ0) is 10.4. The minimum Gasteiger partial charge on any atom is -0.306 e. The number of hydrogen-bond donors (Lipinski definition) is 1. The average Bonchev–Trinajstić information content (AvgIpc) is 2.17. The van der Waals surface area contributed by atoms with E-state index >= 15 is 0 Å². The van der Waals surface area contributed by atoms with Crippen LogP contribution >= 0.6 is 0 Å². The number of piperidine rings is 1. The Kier molecular flexibility index (Phi) is 5.67. The zero-order valence-corrected chi connectivity index (χ0v) is 9.76. The molecule has 1 saturated heterocycles. The standard InChI is InChI=1S/C10H21NO2S/c1-2-3-10-4-6-11(7-5-10)8-9-14(12)13/h10H,2-9H2,1H3,(H,12,13). The molecule has 4 heteroatoms. The summed E-state index contributed by atoms with van der Waals surface area (Å²) in [6, 6.07) is 0. The lowest BCUT2D eigenvalue weighted by Crippen LogP contribution is -2.36. The van der Waals surface area contributed by atoms with E-state index in [4.69, 9.17) is 4.55 Å². The van der Waals surface area contributed by atoms with Crippen LogP contribution in [0.15, 0.2) is 0 Å². The molecular formula is C10H21NO2S. The Balaban J connectivity index is 2.12. The molecule has 1 heterocycles. The van der Waals surface area contributed by atoms with Crippen molar-refractivity contribution < 1.29 is 8.76 Å². The summed E-state index contributed by atoms with van der Waals surface area (Å²) in [5, 5.41) is 0. The maximum absolute atomic E-state index is 10.5. The first-order chi connectivity index (χ1) is 6.72. The first-order valence-electron chi connectivity index (χ1n) is 5.52. The molecule has 0 amide bonds. The summed E-state index contributed by atoms with van der Waals surface area (Å²) in [5.74, 6) is 1.30. The highest BCUT2D eigenvalue weighted by Gasteiger charge is 2.18. The molecule has 1 unspecified atom stereocenters. The van der Waals surface area contributed by atoms with Crippen molar-refractivity contribution >= 4 is 11.1 Å². The zero-order valence-electron chi connectivity index (χ0n) is 8.95. The molecule has 14 heavy (non-hydrogen) atoms. The quantitative estimate of drug-likeness (QED) is 0.716. The van der Waals surface area contributed by atoms with Crippen molar-refractivity contribution in [1.82, 2.24) is 4.90 Å².